The smallest absolute Gasteiger partial charge is 0.240 e. The summed E-state index contributed by atoms with van der Waals surface area (Å²) in [4.78, 5) is 13.5. The van der Waals surface area contributed by atoms with Crippen molar-refractivity contribution in [2.75, 3.05) is 17.9 Å². The number of carbonyl (C=O) groups is 1. The van der Waals surface area contributed by atoms with Crippen LogP contribution in [0.1, 0.15) is 43.3 Å². The first-order chi connectivity index (χ1) is 15.5. The van der Waals surface area contributed by atoms with Crippen LogP contribution in [-0.4, -0.2) is 33.1 Å². The number of hydrogen-bond acceptors (Lipinski definition) is 6. The standard InChI is InChI=1S/C23H26ClN5O2S/c1-4-8-19-26-27-23-29(19)28-20(15-11-12-18(31-3)16(24)13-15)21(32-23)22(30)25-17-10-7-6-9-14(17)5-2/h6-7,9-13,20-21,28H,4-5,8H2,1-3H3,(H,25,30)/t20-,21+/m0/s1. The lowest BCUT2D eigenvalue weighted by atomic mass is 10.0. The molecule has 0 fully saturated rings. The molecule has 3 aromatic rings. The van der Waals surface area contributed by atoms with E-state index in [0.29, 0.717) is 15.9 Å². The molecule has 7 nitrogen and oxygen atoms in total. The Morgan fingerprint density at radius 1 is 1.25 bits per heavy atom. The van der Waals surface area contributed by atoms with Gasteiger partial charge in [0.1, 0.15) is 11.0 Å². The molecule has 1 aliphatic rings. The third-order valence-electron chi connectivity index (χ3n) is 5.43. The quantitative estimate of drug-likeness (QED) is 0.512. The number of carbonyl (C=O) groups excluding carboxylic acids is 1. The van der Waals surface area contributed by atoms with Crippen LogP contribution in [0.4, 0.5) is 5.69 Å². The molecule has 32 heavy (non-hydrogen) atoms. The largest absolute Gasteiger partial charge is 0.495 e. The van der Waals surface area contributed by atoms with Crippen LogP contribution in [0.15, 0.2) is 47.6 Å². The number of thioether (sulfide) groups is 1. The summed E-state index contributed by atoms with van der Waals surface area (Å²) in [6.07, 6.45) is 2.57. The summed E-state index contributed by atoms with van der Waals surface area (Å²) in [6, 6.07) is 13.1. The summed E-state index contributed by atoms with van der Waals surface area (Å²) >= 11 is 7.82. The summed E-state index contributed by atoms with van der Waals surface area (Å²) in [5.41, 5.74) is 6.27. The van der Waals surface area contributed by atoms with Crippen LogP contribution in [0.3, 0.4) is 0 Å². The second kappa shape index (κ2) is 9.83. The number of fused-ring (bicyclic) bond motifs is 1. The van der Waals surface area contributed by atoms with Crippen LogP contribution in [0.25, 0.3) is 0 Å². The van der Waals surface area contributed by atoms with Crippen LogP contribution in [0.2, 0.25) is 5.02 Å². The molecule has 0 spiro atoms. The van der Waals surface area contributed by atoms with Crippen LogP contribution < -0.4 is 15.5 Å². The van der Waals surface area contributed by atoms with Crippen LogP contribution in [0.5, 0.6) is 5.75 Å². The highest BCUT2D eigenvalue weighted by atomic mass is 35.5. The number of benzene rings is 2. The number of aryl methyl sites for hydroxylation is 2. The average Bonchev–Trinajstić information content (AvgIpc) is 3.20. The molecule has 0 aliphatic carbocycles. The van der Waals surface area contributed by atoms with E-state index in [1.165, 1.54) is 11.8 Å². The van der Waals surface area contributed by atoms with Gasteiger partial charge in [-0.1, -0.05) is 61.5 Å². The molecule has 2 N–H and O–H groups in total. The number of nitrogens with zero attached hydrogens (tertiary/aromatic N) is 3. The zero-order valence-corrected chi connectivity index (χ0v) is 19.8. The molecular formula is C23H26ClN5O2S. The molecule has 0 saturated heterocycles. The van der Waals surface area contributed by atoms with Gasteiger partial charge in [-0.2, -0.15) is 0 Å². The molecular weight excluding hydrogens is 446 g/mol. The van der Waals surface area contributed by atoms with Crippen molar-refractivity contribution < 1.29 is 9.53 Å². The Morgan fingerprint density at radius 3 is 2.78 bits per heavy atom. The van der Waals surface area contributed by atoms with E-state index in [1.807, 2.05) is 47.1 Å². The van der Waals surface area contributed by atoms with E-state index in [9.17, 15) is 4.79 Å². The third kappa shape index (κ3) is 4.42. The highest BCUT2D eigenvalue weighted by Gasteiger charge is 2.38. The predicted molar refractivity (Wildman–Crippen MR) is 128 cm³/mol. The van der Waals surface area contributed by atoms with E-state index < -0.39 is 5.25 Å². The molecule has 2 aromatic carbocycles. The number of hydrogen-bond donors (Lipinski definition) is 2. The maximum Gasteiger partial charge on any atom is 0.240 e. The number of amides is 1. The van der Waals surface area contributed by atoms with Gasteiger partial charge in [-0.3, -0.25) is 4.79 Å². The van der Waals surface area contributed by atoms with E-state index in [2.05, 4.69) is 34.8 Å². The Labute approximate surface area is 196 Å². The van der Waals surface area contributed by atoms with E-state index in [1.54, 1.807) is 7.11 Å². The maximum atomic E-state index is 13.5. The molecule has 1 aromatic heterocycles. The fraction of sp³-hybridized carbons (Fsp3) is 0.348. The van der Waals surface area contributed by atoms with Crippen molar-refractivity contribution in [3.8, 4) is 5.75 Å². The van der Waals surface area contributed by atoms with Gasteiger partial charge in [-0.05, 0) is 42.2 Å². The lowest BCUT2D eigenvalue weighted by Gasteiger charge is -2.33. The van der Waals surface area contributed by atoms with Crippen LogP contribution >= 0.6 is 23.4 Å². The van der Waals surface area contributed by atoms with Crippen molar-refractivity contribution in [1.29, 1.82) is 0 Å². The molecule has 0 saturated carbocycles. The SMILES string of the molecule is CCCc1nnc2n1N[C@@H](c1ccc(OC)c(Cl)c1)[C@H](C(=O)Nc1ccccc1CC)S2. The van der Waals surface area contributed by atoms with Gasteiger partial charge in [0, 0.05) is 12.1 Å². The molecule has 0 bridgehead atoms. The topological polar surface area (TPSA) is 81.1 Å². The minimum Gasteiger partial charge on any atom is -0.495 e. The highest BCUT2D eigenvalue weighted by molar-refractivity contribution is 8.00. The Balaban J connectivity index is 1.70. The number of para-hydroxylation sites is 1. The molecule has 0 unspecified atom stereocenters. The van der Waals surface area contributed by atoms with Crippen molar-refractivity contribution in [2.24, 2.45) is 0 Å². The zero-order valence-electron chi connectivity index (χ0n) is 18.3. The molecule has 1 amide bonds. The Kier molecular flexibility index (Phi) is 6.91. The number of rotatable bonds is 7. The lowest BCUT2D eigenvalue weighted by Crippen LogP contribution is -2.41. The summed E-state index contributed by atoms with van der Waals surface area (Å²) in [5.74, 6) is 1.33. The van der Waals surface area contributed by atoms with E-state index >= 15 is 0 Å². The van der Waals surface area contributed by atoms with Gasteiger partial charge in [0.2, 0.25) is 11.1 Å². The van der Waals surface area contributed by atoms with Crippen molar-refractivity contribution in [1.82, 2.24) is 14.9 Å². The van der Waals surface area contributed by atoms with E-state index in [-0.39, 0.29) is 11.9 Å². The summed E-state index contributed by atoms with van der Waals surface area (Å²) in [6.45, 7) is 4.17. The first-order valence-electron chi connectivity index (χ1n) is 10.6. The molecule has 1 aliphatic heterocycles. The normalized spacial score (nSPS) is 17.4. The first-order valence-corrected chi connectivity index (χ1v) is 11.9. The van der Waals surface area contributed by atoms with Crippen LogP contribution in [-0.2, 0) is 17.6 Å². The molecule has 2 atom stereocenters. The average molecular weight is 472 g/mol. The second-order valence-electron chi connectivity index (χ2n) is 7.52. The fourth-order valence-electron chi connectivity index (χ4n) is 3.76. The minimum absolute atomic E-state index is 0.105. The monoisotopic (exact) mass is 471 g/mol. The number of aromatic nitrogens is 3. The van der Waals surface area contributed by atoms with Gasteiger partial charge in [-0.25, -0.2) is 4.68 Å². The van der Waals surface area contributed by atoms with Crippen molar-refractivity contribution in [2.45, 2.75) is 49.6 Å². The number of methoxy groups -OCH3 is 1. The first kappa shape index (κ1) is 22.5. The zero-order chi connectivity index (χ0) is 22.7. The van der Waals surface area contributed by atoms with Crippen molar-refractivity contribution in [3.63, 3.8) is 0 Å². The van der Waals surface area contributed by atoms with Gasteiger partial charge >= 0.3 is 0 Å². The number of anilines is 1. The van der Waals surface area contributed by atoms with Gasteiger partial charge in [0.25, 0.3) is 0 Å². The number of ether oxygens (including phenoxy) is 1. The van der Waals surface area contributed by atoms with Crippen LogP contribution in [0, 0.1) is 0 Å². The maximum absolute atomic E-state index is 13.5. The summed E-state index contributed by atoms with van der Waals surface area (Å²) in [5, 5.41) is 12.4. The molecule has 168 valence electrons. The number of halogens is 1. The highest BCUT2D eigenvalue weighted by Crippen LogP contribution is 2.39. The van der Waals surface area contributed by atoms with Gasteiger partial charge < -0.3 is 15.5 Å². The Morgan fingerprint density at radius 2 is 2.06 bits per heavy atom. The van der Waals surface area contributed by atoms with E-state index in [0.717, 1.165) is 41.9 Å². The molecule has 4 rings (SSSR count). The summed E-state index contributed by atoms with van der Waals surface area (Å²) < 4.78 is 7.19. The van der Waals surface area contributed by atoms with E-state index in [4.69, 9.17) is 16.3 Å². The van der Waals surface area contributed by atoms with Gasteiger partial charge in [0.05, 0.1) is 18.2 Å². The summed E-state index contributed by atoms with van der Waals surface area (Å²) in [7, 11) is 1.58. The van der Waals surface area contributed by atoms with Crippen molar-refractivity contribution in [3.05, 3.63) is 64.4 Å². The third-order valence-corrected chi connectivity index (χ3v) is 6.94. The molecule has 9 heteroatoms. The lowest BCUT2D eigenvalue weighted by molar-refractivity contribution is -0.116. The minimum atomic E-state index is -0.476. The Bertz CT molecular complexity index is 1120. The predicted octanol–water partition coefficient (Wildman–Crippen LogP) is 4.85. The fourth-order valence-corrected chi connectivity index (χ4v) is 5.13. The van der Waals surface area contributed by atoms with Gasteiger partial charge in [-0.15, -0.1) is 10.2 Å². The molecule has 2 heterocycles. The van der Waals surface area contributed by atoms with Gasteiger partial charge in [0.15, 0.2) is 5.82 Å². The Hall–Kier alpha value is -2.71. The number of nitrogens with one attached hydrogen (secondary N) is 2. The van der Waals surface area contributed by atoms with Crippen molar-refractivity contribution >= 4 is 35.0 Å². The second-order valence-corrected chi connectivity index (χ2v) is 9.04. The molecule has 0 radical (unpaired) electrons.